The Hall–Kier alpha value is -3.35. The molecule has 1 atom stereocenters. The predicted octanol–water partition coefficient (Wildman–Crippen LogP) is 5.02. The van der Waals surface area contributed by atoms with Crippen molar-refractivity contribution in [3.63, 3.8) is 0 Å². The summed E-state index contributed by atoms with van der Waals surface area (Å²) in [5.41, 5.74) is 3.84. The van der Waals surface area contributed by atoms with Crippen LogP contribution in [0.3, 0.4) is 0 Å². The molecule has 6 nitrogen and oxygen atoms in total. The van der Waals surface area contributed by atoms with Crippen molar-refractivity contribution in [2.45, 2.75) is 31.8 Å². The molecule has 0 bridgehead atoms. The third kappa shape index (κ3) is 4.87. The molecule has 1 unspecified atom stereocenters. The summed E-state index contributed by atoms with van der Waals surface area (Å²) in [5.74, 6) is 2.30. The fraction of sp³-hybridized carbons (Fsp3) is 0.296. The maximum atomic E-state index is 10.6. The minimum absolute atomic E-state index is 0.237. The first kappa shape index (κ1) is 21.5. The number of aliphatic hydroxyl groups is 1. The number of rotatable bonds is 6. The summed E-state index contributed by atoms with van der Waals surface area (Å²) in [4.78, 5) is 16.0. The first-order valence-corrected chi connectivity index (χ1v) is 11.5. The van der Waals surface area contributed by atoms with E-state index in [1.807, 2.05) is 42.5 Å². The number of piperidine rings is 1. The highest BCUT2D eigenvalue weighted by molar-refractivity contribution is 5.61. The van der Waals surface area contributed by atoms with E-state index in [1.54, 1.807) is 18.5 Å². The van der Waals surface area contributed by atoms with E-state index in [0.717, 1.165) is 48.5 Å². The van der Waals surface area contributed by atoms with Crippen LogP contribution in [0.25, 0.3) is 23.0 Å². The van der Waals surface area contributed by atoms with Crippen LogP contribution in [0.15, 0.2) is 77.5 Å². The number of aromatic nitrogens is 3. The monoisotopic (exact) mass is 440 g/mol. The normalized spacial score (nSPS) is 16.1. The van der Waals surface area contributed by atoms with Gasteiger partial charge in [-0.1, -0.05) is 48.0 Å². The lowest BCUT2D eigenvalue weighted by molar-refractivity contribution is 0.0955. The fourth-order valence-electron chi connectivity index (χ4n) is 4.41. The summed E-state index contributed by atoms with van der Waals surface area (Å²) in [6, 6.07) is 19.9. The molecule has 0 radical (unpaired) electrons. The van der Waals surface area contributed by atoms with Crippen LogP contribution in [0.2, 0.25) is 0 Å². The van der Waals surface area contributed by atoms with Gasteiger partial charge in [0.25, 0.3) is 0 Å². The minimum atomic E-state index is -0.477. The Morgan fingerprint density at radius 2 is 1.67 bits per heavy atom. The van der Waals surface area contributed by atoms with Crippen molar-refractivity contribution in [1.82, 2.24) is 19.9 Å². The van der Waals surface area contributed by atoms with Crippen LogP contribution in [0, 0.1) is 6.92 Å². The first-order valence-electron chi connectivity index (χ1n) is 11.5. The second kappa shape index (κ2) is 9.65. The Kier molecular flexibility index (Phi) is 6.28. The number of likely N-dealkylation sites (tertiary alicyclic amines) is 1. The average molecular weight is 441 g/mol. The molecule has 1 saturated heterocycles. The van der Waals surface area contributed by atoms with Crippen LogP contribution in [-0.4, -0.2) is 44.6 Å². The summed E-state index contributed by atoms with van der Waals surface area (Å²) >= 11 is 0. The number of benzene rings is 2. The van der Waals surface area contributed by atoms with Gasteiger partial charge < -0.3 is 14.4 Å². The molecule has 0 amide bonds. The van der Waals surface area contributed by atoms with Crippen molar-refractivity contribution in [2.75, 3.05) is 19.6 Å². The van der Waals surface area contributed by atoms with Gasteiger partial charge in [0, 0.05) is 30.4 Å². The van der Waals surface area contributed by atoms with Gasteiger partial charge in [-0.05, 0) is 56.6 Å². The Balaban J connectivity index is 1.35. The zero-order valence-corrected chi connectivity index (χ0v) is 18.8. The molecule has 1 aliphatic rings. The lowest BCUT2D eigenvalue weighted by atomic mass is 9.92. The van der Waals surface area contributed by atoms with E-state index >= 15 is 0 Å². The third-order valence-electron chi connectivity index (χ3n) is 6.30. The van der Waals surface area contributed by atoms with Gasteiger partial charge in [-0.15, -0.1) is 0 Å². The highest BCUT2D eigenvalue weighted by Gasteiger charge is 2.29. The van der Waals surface area contributed by atoms with Gasteiger partial charge in [0.05, 0.1) is 6.10 Å². The van der Waals surface area contributed by atoms with Crippen molar-refractivity contribution in [2.24, 2.45) is 0 Å². The van der Waals surface area contributed by atoms with Crippen molar-refractivity contribution in [3.05, 3.63) is 89.9 Å². The number of aliphatic hydroxyl groups excluding tert-OH is 1. The Morgan fingerprint density at radius 3 is 2.36 bits per heavy atom. The fourth-order valence-corrected chi connectivity index (χ4v) is 4.41. The van der Waals surface area contributed by atoms with E-state index in [1.165, 1.54) is 5.56 Å². The van der Waals surface area contributed by atoms with Crippen LogP contribution in [0.5, 0.6) is 0 Å². The largest absolute Gasteiger partial charge is 0.440 e. The second-order valence-corrected chi connectivity index (χ2v) is 8.67. The standard InChI is InChI=1S/C27H28N4O2/c1-19-8-10-22(11-9-19)27-30-24(26-28-14-5-15-29-26)25(33-27)21-12-16-31(17-13-21)18-23(32)20-6-3-2-4-7-20/h2-11,14-15,21,23,32H,12-13,16-18H2,1H3. The molecule has 0 spiro atoms. The number of nitrogens with zero attached hydrogens (tertiary/aromatic N) is 4. The molecule has 0 aliphatic carbocycles. The average Bonchev–Trinajstić information content (AvgIpc) is 3.31. The van der Waals surface area contributed by atoms with Gasteiger partial charge in [0.15, 0.2) is 11.5 Å². The first-order chi connectivity index (χ1) is 16.2. The van der Waals surface area contributed by atoms with Crippen LogP contribution in [0.4, 0.5) is 0 Å². The highest BCUT2D eigenvalue weighted by Crippen LogP contribution is 2.37. The smallest absolute Gasteiger partial charge is 0.226 e. The molecule has 33 heavy (non-hydrogen) atoms. The molecular formula is C27H28N4O2. The molecule has 5 rings (SSSR count). The van der Waals surface area contributed by atoms with E-state index < -0.39 is 6.10 Å². The van der Waals surface area contributed by atoms with Crippen molar-refractivity contribution >= 4 is 0 Å². The van der Waals surface area contributed by atoms with Gasteiger partial charge in [0.1, 0.15) is 5.76 Å². The van der Waals surface area contributed by atoms with Crippen LogP contribution < -0.4 is 0 Å². The van der Waals surface area contributed by atoms with Gasteiger partial charge in [0.2, 0.25) is 5.89 Å². The van der Waals surface area contributed by atoms with Crippen LogP contribution in [-0.2, 0) is 0 Å². The number of β-amino-alcohol motifs (C(OH)–C–C–N with tert-alkyl or cyclic N) is 1. The number of oxazole rings is 1. The number of hydrogen-bond donors (Lipinski definition) is 1. The molecule has 4 aromatic rings. The molecule has 1 N–H and O–H groups in total. The SMILES string of the molecule is Cc1ccc(-c2nc(-c3ncccn3)c(C3CCN(CC(O)c4ccccc4)CC3)o2)cc1. The summed E-state index contributed by atoms with van der Waals surface area (Å²) in [6.07, 6.45) is 4.86. The van der Waals surface area contributed by atoms with Crippen LogP contribution in [0.1, 0.15) is 41.8 Å². The van der Waals surface area contributed by atoms with Crippen molar-refractivity contribution in [3.8, 4) is 23.0 Å². The van der Waals surface area contributed by atoms with Gasteiger partial charge >= 0.3 is 0 Å². The minimum Gasteiger partial charge on any atom is -0.440 e. The summed E-state index contributed by atoms with van der Waals surface area (Å²) in [5, 5.41) is 10.6. The Bertz CT molecular complexity index is 1170. The molecule has 168 valence electrons. The molecule has 3 heterocycles. The molecule has 1 fully saturated rings. The summed E-state index contributed by atoms with van der Waals surface area (Å²) < 4.78 is 6.36. The zero-order valence-electron chi connectivity index (χ0n) is 18.8. The number of aryl methyl sites for hydroxylation is 1. The predicted molar refractivity (Wildman–Crippen MR) is 128 cm³/mol. The van der Waals surface area contributed by atoms with Gasteiger partial charge in [-0.25, -0.2) is 15.0 Å². The lowest BCUT2D eigenvalue weighted by Gasteiger charge is -2.32. The number of hydrogen-bond acceptors (Lipinski definition) is 6. The lowest BCUT2D eigenvalue weighted by Crippen LogP contribution is -2.36. The quantitative estimate of drug-likeness (QED) is 0.454. The summed E-state index contributed by atoms with van der Waals surface area (Å²) in [7, 11) is 0. The van der Waals surface area contributed by atoms with Crippen molar-refractivity contribution < 1.29 is 9.52 Å². The molecule has 2 aromatic heterocycles. The van der Waals surface area contributed by atoms with Crippen LogP contribution >= 0.6 is 0 Å². The van der Waals surface area contributed by atoms with Crippen molar-refractivity contribution in [1.29, 1.82) is 0 Å². The second-order valence-electron chi connectivity index (χ2n) is 8.67. The molecule has 1 aliphatic heterocycles. The van der Waals surface area contributed by atoms with Gasteiger partial charge in [-0.2, -0.15) is 0 Å². The molecule has 2 aromatic carbocycles. The third-order valence-corrected chi connectivity index (χ3v) is 6.30. The van der Waals surface area contributed by atoms with E-state index in [2.05, 4.69) is 33.9 Å². The maximum absolute atomic E-state index is 10.6. The summed E-state index contributed by atoms with van der Waals surface area (Å²) in [6.45, 7) is 4.49. The van der Waals surface area contributed by atoms with E-state index in [0.29, 0.717) is 18.3 Å². The highest BCUT2D eigenvalue weighted by atomic mass is 16.4. The molecule has 6 heteroatoms. The van der Waals surface area contributed by atoms with E-state index in [-0.39, 0.29) is 5.92 Å². The Labute approximate surface area is 194 Å². The van der Waals surface area contributed by atoms with E-state index in [4.69, 9.17) is 9.40 Å². The molecule has 0 saturated carbocycles. The molecular weight excluding hydrogens is 412 g/mol. The zero-order chi connectivity index (χ0) is 22.6. The maximum Gasteiger partial charge on any atom is 0.226 e. The van der Waals surface area contributed by atoms with Gasteiger partial charge in [-0.3, -0.25) is 0 Å². The Morgan fingerprint density at radius 1 is 0.970 bits per heavy atom. The topological polar surface area (TPSA) is 75.3 Å². The van der Waals surface area contributed by atoms with E-state index in [9.17, 15) is 5.11 Å².